The van der Waals surface area contributed by atoms with Crippen LogP contribution in [0.2, 0.25) is 0 Å². The molecule has 0 saturated heterocycles. The third-order valence-corrected chi connectivity index (χ3v) is 2.64. The molecule has 0 unspecified atom stereocenters. The zero-order chi connectivity index (χ0) is 13.0. The molecule has 0 amide bonds. The molecule has 2 rings (SSSR count). The summed E-state index contributed by atoms with van der Waals surface area (Å²) in [7, 11) is 0. The van der Waals surface area contributed by atoms with Crippen molar-refractivity contribution >= 4 is 5.57 Å². The van der Waals surface area contributed by atoms with E-state index in [9.17, 15) is 13.2 Å². The van der Waals surface area contributed by atoms with Gasteiger partial charge < -0.3 is 0 Å². The Morgan fingerprint density at radius 3 is 2.00 bits per heavy atom. The van der Waals surface area contributed by atoms with E-state index in [4.69, 9.17) is 0 Å². The summed E-state index contributed by atoms with van der Waals surface area (Å²) in [6, 6.07) is 14.1. The van der Waals surface area contributed by atoms with Gasteiger partial charge in [-0.05, 0) is 23.3 Å². The minimum absolute atomic E-state index is 0.0683. The van der Waals surface area contributed by atoms with Gasteiger partial charge in [0.2, 0.25) is 0 Å². The Hall–Kier alpha value is -2.03. The first-order chi connectivity index (χ1) is 8.66. The Morgan fingerprint density at radius 2 is 1.44 bits per heavy atom. The molecule has 0 fully saturated rings. The summed E-state index contributed by atoms with van der Waals surface area (Å²) in [5, 5.41) is 0. The predicted molar refractivity (Wildman–Crippen MR) is 65.7 cm³/mol. The molecule has 0 nitrogen and oxygen atoms in total. The lowest BCUT2D eigenvalue weighted by Gasteiger charge is -2.07. The Balaban J connectivity index is 2.31. The molecule has 0 N–H and O–H groups in total. The number of halogens is 3. The van der Waals surface area contributed by atoms with Crippen molar-refractivity contribution in [3.63, 3.8) is 0 Å². The highest BCUT2D eigenvalue weighted by atomic mass is 19.3. The molecule has 92 valence electrons. The first kappa shape index (κ1) is 12.4. The van der Waals surface area contributed by atoms with Crippen molar-refractivity contribution in [3.05, 3.63) is 77.6 Å². The van der Waals surface area contributed by atoms with E-state index in [0.717, 1.165) is 5.56 Å². The summed E-state index contributed by atoms with van der Waals surface area (Å²) < 4.78 is 38.7. The predicted octanol–water partition coefficient (Wildman–Crippen LogP) is 4.68. The normalized spacial score (nSPS) is 10.2. The Bertz CT molecular complexity index is 538. The number of hydrogen-bond acceptors (Lipinski definition) is 0. The summed E-state index contributed by atoms with van der Waals surface area (Å²) in [4.78, 5) is 0. The summed E-state index contributed by atoms with van der Waals surface area (Å²) in [6.45, 7) is 0. The third-order valence-electron chi connectivity index (χ3n) is 2.64. The van der Waals surface area contributed by atoms with Crippen molar-refractivity contribution in [2.75, 3.05) is 0 Å². The van der Waals surface area contributed by atoms with E-state index >= 15 is 0 Å². The molecule has 0 aromatic heterocycles. The maximum absolute atomic E-state index is 13.0. The van der Waals surface area contributed by atoms with Crippen LogP contribution in [0.3, 0.4) is 0 Å². The van der Waals surface area contributed by atoms with Crippen LogP contribution < -0.4 is 0 Å². The SMILES string of the molecule is FC(F)=C(Cc1ccccc1)c1ccc(F)cc1. The molecule has 0 aliphatic rings. The van der Waals surface area contributed by atoms with Gasteiger partial charge >= 0.3 is 0 Å². The van der Waals surface area contributed by atoms with Crippen LogP contribution >= 0.6 is 0 Å². The third kappa shape index (κ3) is 3.00. The average molecular weight is 248 g/mol. The van der Waals surface area contributed by atoms with Crippen LogP contribution in [0.25, 0.3) is 5.57 Å². The number of rotatable bonds is 3. The van der Waals surface area contributed by atoms with Crippen LogP contribution in [0.4, 0.5) is 13.2 Å². The summed E-state index contributed by atoms with van der Waals surface area (Å²) >= 11 is 0. The van der Waals surface area contributed by atoms with E-state index in [0.29, 0.717) is 5.56 Å². The lowest BCUT2D eigenvalue weighted by molar-refractivity contribution is 0.424. The molecule has 18 heavy (non-hydrogen) atoms. The zero-order valence-electron chi connectivity index (χ0n) is 9.54. The summed E-state index contributed by atoms with van der Waals surface area (Å²) in [6.07, 6.45) is -1.60. The second-order valence-electron chi connectivity index (χ2n) is 3.91. The summed E-state index contributed by atoms with van der Waals surface area (Å²) in [5.41, 5.74) is 1.08. The molecular formula is C15H11F3. The van der Waals surface area contributed by atoms with E-state index in [1.165, 1.54) is 24.3 Å². The van der Waals surface area contributed by atoms with Gasteiger partial charge in [-0.15, -0.1) is 0 Å². The quantitative estimate of drug-likeness (QED) is 0.740. The molecule has 0 saturated carbocycles. The number of hydrogen-bond donors (Lipinski definition) is 0. The van der Waals surface area contributed by atoms with Gasteiger partial charge in [-0.3, -0.25) is 0 Å². The van der Waals surface area contributed by atoms with E-state index < -0.39 is 11.9 Å². The van der Waals surface area contributed by atoms with E-state index in [1.54, 1.807) is 24.3 Å². The highest BCUT2D eigenvalue weighted by Crippen LogP contribution is 2.25. The smallest absolute Gasteiger partial charge is 0.207 e. The van der Waals surface area contributed by atoms with Gasteiger partial charge in [0.1, 0.15) is 5.82 Å². The number of allylic oxidation sites excluding steroid dienone is 1. The van der Waals surface area contributed by atoms with Gasteiger partial charge in [0.25, 0.3) is 6.08 Å². The molecule has 0 spiro atoms. The molecule has 0 aliphatic carbocycles. The van der Waals surface area contributed by atoms with Crippen molar-refractivity contribution in [1.29, 1.82) is 0 Å². The molecule has 0 atom stereocenters. The van der Waals surface area contributed by atoms with E-state index in [2.05, 4.69) is 0 Å². The fourth-order valence-electron chi connectivity index (χ4n) is 1.73. The molecular weight excluding hydrogens is 237 g/mol. The molecule has 3 heteroatoms. The zero-order valence-corrected chi connectivity index (χ0v) is 9.54. The minimum atomic E-state index is -1.73. The van der Waals surface area contributed by atoms with Gasteiger partial charge in [0.15, 0.2) is 0 Å². The Labute approximate surface area is 103 Å². The van der Waals surface area contributed by atoms with Gasteiger partial charge in [-0.25, -0.2) is 4.39 Å². The van der Waals surface area contributed by atoms with Crippen molar-refractivity contribution in [2.24, 2.45) is 0 Å². The molecule has 2 aromatic rings. The van der Waals surface area contributed by atoms with Crippen molar-refractivity contribution < 1.29 is 13.2 Å². The number of benzene rings is 2. The van der Waals surface area contributed by atoms with Crippen molar-refractivity contribution in [3.8, 4) is 0 Å². The van der Waals surface area contributed by atoms with Gasteiger partial charge in [0.05, 0.1) is 0 Å². The van der Waals surface area contributed by atoms with Crippen LogP contribution in [0.1, 0.15) is 11.1 Å². The topological polar surface area (TPSA) is 0 Å². The highest BCUT2D eigenvalue weighted by Gasteiger charge is 2.10. The monoisotopic (exact) mass is 248 g/mol. The maximum atomic E-state index is 13.0. The van der Waals surface area contributed by atoms with E-state index in [-0.39, 0.29) is 12.0 Å². The van der Waals surface area contributed by atoms with Gasteiger partial charge in [-0.1, -0.05) is 42.5 Å². The van der Waals surface area contributed by atoms with Gasteiger partial charge in [0, 0.05) is 12.0 Å². The van der Waals surface area contributed by atoms with Crippen LogP contribution in [-0.2, 0) is 6.42 Å². The fourth-order valence-corrected chi connectivity index (χ4v) is 1.73. The van der Waals surface area contributed by atoms with Crippen molar-refractivity contribution in [2.45, 2.75) is 6.42 Å². The molecule has 0 bridgehead atoms. The summed E-state index contributed by atoms with van der Waals surface area (Å²) in [5.74, 6) is -0.433. The average Bonchev–Trinajstić information content (AvgIpc) is 2.38. The maximum Gasteiger partial charge on any atom is 0.274 e. The molecule has 0 aliphatic heterocycles. The fraction of sp³-hybridized carbons (Fsp3) is 0.0667. The second-order valence-corrected chi connectivity index (χ2v) is 3.91. The minimum Gasteiger partial charge on any atom is -0.207 e. The lowest BCUT2D eigenvalue weighted by atomic mass is 9.99. The van der Waals surface area contributed by atoms with Crippen molar-refractivity contribution in [1.82, 2.24) is 0 Å². The van der Waals surface area contributed by atoms with Crippen LogP contribution in [-0.4, -0.2) is 0 Å². The molecule has 0 heterocycles. The van der Waals surface area contributed by atoms with Crippen LogP contribution in [0.5, 0.6) is 0 Å². The highest BCUT2D eigenvalue weighted by molar-refractivity contribution is 5.68. The second kappa shape index (κ2) is 5.54. The first-order valence-electron chi connectivity index (χ1n) is 5.51. The first-order valence-corrected chi connectivity index (χ1v) is 5.51. The van der Waals surface area contributed by atoms with E-state index in [1.807, 2.05) is 6.07 Å². The molecule has 0 radical (unpaired) electrons. The Morgan fingerprint density at radius 1 is 0.833 bits per heavy atom. The lowest BCUT2D eigenvalue weighted by Crippen LogP contribution is -1.92. The standard InChI is InChI=1S/C15H11F3/c16-13-8-6-12(7-9-13)14(15(17)18)10-11-4-2-1-3-5-11/h1-9H,10H2. The van der Waals surface area contributed by atoms with Crippen LogP contribution in [0, 0.1) is 5.82 Å². The molecule has 2 aromatic carbocycles. The largest absolute Gasteiger partial charge is 0.274 e. The Kier molecular flexibility index (Phi) is 3.82. The van der Waals surface area contributed by atoms with Gasteiger partial charge in [-0.2, -0.15) is 8.78 Å². The van der Waals surface area contributed by atoms with Crippen LogP contribution in [0.15, 0.2) is 60.7 Å².